The van der Waals surface area contributed by atoms with Gasteiger partial charge in [-0.25, -0.2) is 4.99 Å². The standard InChI is InChI=1S/C29H29N5O2S2/c1-5-30-22-16-15-21(19(2)32-36-4)17-23(22)31-29-34(18-20-11-7-6-8-12-20)27(35)26(38-29)28-33(3)24-13-9-10-14-25(24)37-28/h6-17,30H,5,18H2,1-4H3/b28-26-,31-29?,32-19+. The van der Waals surface area contributed by atoms with Crippen LogP contribution in [-0.2, 0) is 16.2 Å². The Labute approximate surface area is 231 Å². The van der Waals surface area contributed by atoms with Crippen molar-refractivity contribution in [3.05, 3.63) is 93.9 Å². The van der Waals surface area contributed by atoms with Crippen molar-refractivity contribution >= 4 is 57.4 Å². The van der Waals surface area contributed by atoms with E-state index < -0.39 is 0 Å². The monoisotopic (exact) mass is 543 g/mol. The second-order valence-corrected chi connectivity index (χ2v) is 10.8. The van der Waals surface area contributed by atoms with Crippen LogP contribution in [0.5, 0.6) is 0 Å². The molecular weight excluding hydrogens is 514 g/mol. The SMILES string of the molecule is CCNc1ccc(/C(C)=N/OC)cc1N=C1S/C(=C2\Sc3ccccc3N2C)C(=O)N1Cc1ccccc1. The number of amides is 1. The molecule has 5 rings (SSSR count). The number of aliphatic imine (C=N–C) groups is 1. The van der Waals surface area contributed by atoms with Gasteiger partial charge >= 0.3 is 0 Å². The molecule has 0 bridgehead atoms. The molecule has 3 aromatic carbocycles. The van der Waals surface area contributed by atoms with Crippen molar-refractivity contribution in [3.63, 3.8) is 0 Å². The van der Waals surface area contributed by atoms with E-state index >= 15 is 0 Å². The highest BCUT2D eigenvalue weighted by molar-refractivity contribution is 8.19. The fourth-order valence-electron chi connectivity index (χ4n) is 4.31. The molecule has 0 atom stereocenters. The first kappa shape index (κ1) is 25.9. The molecule has 1 amide bonds. The van der Waals surface area contributed by atoms with Crippen molar-refractivity contribution < 1.29 is 9.63 Å². The quantitative estimate of drug-likeness (QED) is 0.204. The predicted molar refractivity (Wildman–Crippen MR) is 159 cm³/mol. The molecule has 0 aromatic heterocycles. The Morgan fingerprint density at radius 1 is 1.03 bits per heavy atom. The molecule has 0 unspecified atom stereocenters. The summed E-state index contributed by atoms with van der Waals surface area (Å²) < 4.78 is 0. The number of carbonyl (C=O) groups is 1. The normalized spacial score (nSPS) is 18.4. The molecule has 2 heterocycles. The minimum absolute atomic E-state index is 0.0435. The minimum atomic E-state index is -0.0435. The van der Waals surface area contributed by atoms with Gasteiger partial charge in [-0.05, 0) is 55.4 Å². The average Bonchev–Trinajstić information content (AvgIpc) is 3.42. The summed E-state index contributed by atoms with van der Waals surface area (Å²) in [6.45, 7) is 5.12. The molecule has 0 saturated carbocycles. The summed E-state index contributed by atoms with van der Waals surface area (Å²) in [7, 11) is 3.54. The maximum absolute atomic E-state index is 13.9. The van der Waals surface area contributed by atoms with E-state index in [9.17, 15) is 4.79 Å². The van der Waals surface area contributed by atoms with E-state index in [1.807, 2.05) is 81.6 Å². The summed E-state index contributed by atoms with van der Waals surface area (Å²) in [6, 6.07) is 24.2. The van der Waals surface area contributed by atoms with Crippen LogP contribution in [-0.4, -0.2) is 42.4 Å². The van der Waals surface area contributed by atoms with E-state index in [0.717, 1.165) is 50.4 Å². The third-order valence-electron chi connectivity index (χ3n) is 6.21. The molecule has 1 fully saturated rings. The van der Waals surface area contributed by atoms with E-state index in [4.69, 9.17) is 9.83 Å². The Bertz CT molecular complexity index is 1450. The Morgan fingerprint density at radius 2 is 1.79 bits per heavy atom. The van der Waals surface area contributed by atoms with E-state index in [-0.39, 0.29) is 5.91 Å². The van der Waals surface area contributed by atoms with Crippen LogP contribution in [0, 0.1) is 0 Å². The molecular formula is C29H29N5O2S2. The van der Waals surface area contributed by atoms with Crippen molar-refractivity contribution in [2.75, 3.05) is 30.9 Å². The molecule has 7 nitrogen and oxygen atoms in total. The number of benzene rings is 3. The lowest BCUT2D eigenvalue weighted by molar-refractivity contribution is -0.122. The Balaban J connectivity index is 1.60. The molecule has 3 aromatic rings. The zero-order valence-corrected chi connectivity index (χ0v) is 23.4. The zero-order chi connectivity index (χ0) is 26.6. The number of nitrogens with zero attached hydrogens (tertiary/aromatic N) is 4. The average molecular weight is 544 g/mol. The number of fused-ring (bicyclic) bond motifs is 1. The van der Waals surface area contributed by atoms with E-state index in [1.54, 1.807) is 16.7 Å². The van der Waals surface area contributed by atoms with Gasteiger partial charge < -0.3 is 15.1 Å². The summed E-state index contributed by atoms with van der Waals surface area (Å²) in [4.78, 5) is 29.7. The van der Waals surface area contributed by atoms with Crippen LogP contribution in [0.4, 0.5) is 17.1 Å². The lowest BCUT2D eigenvalue weighted by Gasteiger charge is -2.17. The molecule has 2 aliphatic rings. The van der Waals surface area contributed by atoms with Gasteiger partial charge in [0.2, 0.25) is 0 Å². The minimum Gasteiger partial charge on any atom is -0.399 e. The lowest BCUT2D eigenvalue weighted by Crippen LogP contribution is -2.29. The summed E-state index contributed by atoms with van der Waals surface area (Å²) in [5.74, 6) is -0.0435. The largest absolute Gasteiger partial charge is 0.399 e. The number of hydrogen-bond acceptors (Lipinski definition) is 8. The number of rotatable bonds is 7. The van der Waals surface area contributed by atoms with Crippen LogP contribution in [0.15, 0.2) is 97.8 Å². The maximum atomic E-state index is 13.9. The first-order valence-corrected chi connectivity index (χ1v) is 14.0. The summed E-state index contributed by atoms with van der Waals surface area (Å²) in [5, 5.41) is 9.04. The van der Waals surface area contributed by atoms with Crippen LogP contribution in [0.2, 0.25) is 0 Å². The molecule has 1 saturated heterocycles. The van der Waals surface area contributed by atoms with Crippen LogP contribution in [0.25, 0.3) is 0 Å². The Hall–Kier alpha value is -3.69. The fraction of sp³-hybridized carbons (Fsp3) is 0.207. The zero-order valence-electron chi connectivity index (χ0n) is 21.8. The lowest BCUT2D eigenvalue weighted by atomic mass is 10.1. The van der Waals surface area contributed by atoms with Crippen LogP contribution in [0.3, 0.4) is 0 Å². The topological polar surface area (TPSA) is 69.5 Å². The van der Waals surface area contributed by atoms with Gasteiger partial charge in [0.05, 0.1) is 34.3 Å². The highest BCUT2D eigenvalue weighted by Crippen LogP contribution is 2.50. The van der Waals surface area contributed by atoms with Crippen molar-refractivity contribution in [1.82, 2.24) is 4.90 Å². The molecule has 0 spiro atoms. The number of para-hydroxylation sites is 1. The Kier molecular flexibility index (Phi) is 7.76. The number of thioether (sulfide) groups is 2. The van der Waals surface area contributed by atoms with Gasteiger partial charge in [0.1, 0.15) is 12.0 Å². The number of anilines is 2. The number of nitrogens with one attached hydrogen (secondary N) is 1. The number of hydrogen-bond donors (Lipinski definition) is 1. The predicted octanol–water partition coefficient (Wildman–Crippen LogP) is 6.66. The van der Waals surface area contributed by atoms with Gasteiger partial charge in [-0.15, -0.1) is 0 Å². The molecule has 0 radical (unpaired) electrons. The highest BCUT2D eigenvalue weighted by atomic mass is 32.2. The number of amidine groups is 1. The summed E-state index contributed by atoms with van der Waals surface area (Å²) in [5.41, 5.74) is 5.42. The number of carbonyl (C=O) groups excluding carboxylic acids is 1. The second kappa shape index (κ2) is 11.4. The van der Waals surface area contributed by atoms with Gasteiger partial charge in [0.25, 0.3) is 5.91 Å². The van der Waals surface area contributed by atoms with Gasteiger partial charge in [-0.3, -0.25) is 9.69 Å². The smallest absolute Gasteiger partial charge is 0.269 e. The fourth-order valence-corrected chi connectivity index (χ4v) is 6.64. The van der Waals surface area contributed by atoms with E-state index in [2.05, 4.69) is 27.5 Å². The van der Waals surface area contributed by atoms with Gasteiger partial charge in [0.15, 0.2) is 5.17 Å². The third kappa shape index (κ3) is 5.16. The van der Waals surface area contributed by atoms with E-state index in [1.165, 1.54) is 18.9 Å². The van der Waals surface area contributed by atoms with Crippen molar-refractivity contribution in [3.8, 4) is 0 Å². The van der Waals surface area contributed by atoms with E-state index in [0.29, 0.717) is 16.6 Å². The van der Waals surface area contributed by atoms with Crippen molar-refractivity contribution in [1.29, 1.82) is 0 Å². The highest BCUT2D eigenvalue weighted by Gasteiger charge is 2.39. The van der Waals surface area contributed by atoms with Gasteiger partial charge in [-0.2, -0.15) is 0 Å². The van der Waals surface area contributed by atoms with Crippen molar-refractivity contribution in [2.45, 2.75) is 25.3 Å². The summed E-state index contributed by atoms with van der Waals surface area (Å²) in [6.07, 6.45) is 0. The first-order chi connectivity index (χ1) is 18.5. The van der Waals surface area contributed by atoms with Crippen LogP contribution in [0.1, 0.15) is 25.0 Å². The van der Waals surface area contributed by atoms with Gasteiger partial charge in [-0.1, -0.05) is 65.4 Å². The van der Waals surface area contributed by atoms with Crippen LogP contribution >= 0.6 is 23.5 Å². The molecule has 1 N–H and O–H groups in total. The molecule has 38 heavy (non-hydrogen) atoms. The maximum Gasteiger partial charge on any atom is 0.269 e. The molecule has 2 aliphatic heterocycles. The third-order valence-corrected chi connectivity index (χ3v) is 8.64. The molecule has 9 heteroatoms. The first-order valence-electron chi connectivity index (χ1n) is 12.3. The molecule has 194 valence electrons. The van der Waals surface area contributed by atoms with Crippen LogP contribution < -0.4 is 10.2 Å². The van der Waals surface area contributed by atoms with Gasteiger partial charge in [0, 0.05) is 24.1 Å². The second-order valence-electron chi connectivity index (χ2n) is 8.76. The summed E-state index contributed by atoms with van der Waals surface area (Å²) >= 11 is 3.05. The molecule has 0 aliphatic carbocycles. The Morgan fingerprint density at radius 3 is 2.53 bits per heavy atom. The van der Waals surface area contributed by atoms with Crippen molar-refractivity contribution in [2.24, 2.45) is 10.1 Å². The number of oxime groups is 1.